The van der Waals surface area contributed by atoms with Crippen LogP contribution in [0.4, 0.5) is 5.69 Å². The maximum Gasteiger partial charge on any atom is 0.232 e. The first-order valence-corrected chi connectivity index (χ1v) is 7.43. The molecule has 94 valence electrons. The van der Waals surface area contributed by atoms with Crippen LogP contribution < -0.4 is 4.72 Å². The number of allylic oxidation sites excluding steroid dienone is 1. The van der Waals surface area contributed by atoms with Gasteiger partial charge in [0.2, 0.25) is 10.0 Å². The molecule has 0 aliphatic carbocycles. The van der Waals surface area contributed by atoms with Crippen molar-refractivity contribution in [3.8, 4) is 0 Å². The minimum Gasteiger partial charge on any atom is -0.284 e. The molecule has 0 unspecified atom stereocenters. The average molecular weight is 274 g/mol. The Morgan fingerprint density at radius 2 is 2.06 bits per heavy atom. The Labute approximate surface area is 108 Å². The molecule has 0 aromatic heterocycles. The van der Waals surface area contributed by atoms with Crippen molar-refractivity contribution in [2.24, 2.45) is 0 Å². The van der Waals surface area contributed by atoms with Gasteiger partial charge in [0.25, 0.3) is 0 Å². The Morgan fingerprint density at radius 1 is 1.41 bits per heavy atom. The predicted molar refractivity (Wildman–Crippen MR) is 73.8 cm³/mol. The molecule has 0 heterocycles. The van der Waals surface area contributed by atoms with Gasteiger partial charge in [0.15, 0.2) is 0 Å². The molecule has 5 heteroatoms. The summed E-state index contributed by atoms with van der Waals surface area (Å²) >= 11 is 5.77. The second-order valence-electron chi connectivity index (χ2n) is 3.84. The van der Waals surface area contributed by atoms with Crippen LogP contribution in [0.15, 0.2) is 24.8 Å². The number of hydrogen-bond donors (Lipinski definition) is 1. The third-order valence-electron chi connectivity index (χ3n) is 2.29. The lowest BCUT2D eigenvalue weighted by Crippen LogP contribution is -2.14. The van der Waals surface area contributed by atoms with E-state index in [0.717, 1.165) is 16.7 Å². The molecule has 0 saturated carbocycles. The first-order valence-electron chi connectivity index (χ1n) is 5.24. The molecule has 3 nitrogen and oxygen atoms in total. The number of halogens is 1. The van der Waals surface area contributed by atoms with Crippen molar-refractivity contribution in [3.63, 3.8) is 0 Å². The molecular weight excluding hydrogens is 258 g/mol. The van der Waals surface area contributed by atoms with E-state index in [1.54, 1.807) is 19.1 Å². The van der Waals surface area contributed by atoms with Gasteiger partial charge in [-0.3, -0.25) is 4.72 Å². The monoisotopic (exact) mass is 273 g/mol. The van der Waals surface area contributed by atoms with Crippen molar-refractivity contribution in [3.05, 3.63) is 35.9 Å². The summed E-state index contributed by atoms with van der Waals surface area (Å²) in [6.45, 7) is 7.30. The third-order valence-corrected chi connectivity index (χ3v) is 3.91. The van der Waals surface area contributed by atoms with E-state index in [9.17, 15) is 8.42 Å². The van der Waals surface area contributed by atoms with Crippen LogP contribution in [0.2, 0.25) is 0 Å². The van der Waals surface area contributed by atoms with Gasteiger partial charge in [-0.25, -0.2) is 8.42 Å². The first-order chi connectivity index (χ1) is 7.88. The zero-order valence-electron chi connectivity index (χ0n) is 9.96. The standard InChI is InChI=1S/C12H16ClNO2S/c1-4-17(15,16)14-12-6-10(8-13)5-11(7-12)9(2)3/h5-7,14H,2,4,8H2,1,3H3. The second kappa shape index (κ2) is 5.56. The summed E-state index contributed by atoms with van der Waals surface area (Å²) in [4.78, 5) is 0. The van der Waals surface area contributed by atoms with Crippen molar-refractivity contribution in [1.29, 1.82) is 0 Å². The molecule has 1 aromatic carbocycles. The second-order valence-corrected chi connectivity index (χ2v) is 6.12. The molecule has 0 saturated heterocycles. The summed E-state index contributed by atoms with van der Waals surface area (Å²) in [7, 11) is -3.26. The molecular formula is C12H16ClNO2S. The van der Waals surface area contributed by atoms with Crippen LogP contribution in [0.5, 0.6) is 0 Å². The van der Waals surface area contributed by atoms with Crippen molar-refractivity contribution in [1.82, 2.24) is 0 Å². The molecule has 0 fully saturated rings. The Bertz CT molecular complexity index is 523. The molecule has 0 amide bonds. The number of rotatable bonds is 5. The van der Waals surface area contributed by atoms with Crippen LogP contribution in [0.1, 0.15) is 25.0 Å². The molecule has 0 aliphatic rings. The zero-order chi connectivity index (χ0) is 13.1. The normalized spacial score (nSPS) is 11.2. The number of sulfonamides is 1. The van der Waals surface area contributed by atoms with Crippen LogP contribution in [-0.4, -0.2) is 14.2 Å². The molecule has 0 aliphatic heterocycles. The van der Waals surface area contributed by atoms with Gasteiger partial charge in [0, 0.05) is 11.6 Å². The van der Waals surface area contributed by atoms with E-state index in [1.165, 1.54) is 0 Å². The van der Waals surface area contributed by atoms with E-state index < -0.39 is 10.0 Å². The van der Waals surface area contributed by atoms with E-state index in [1.807, 2.05) is 13.0 Å². The molecule has 0 bridgehead atoms. The predicted octanol–water partition coefficient (Wildman–Crippen LogP) is 3.22. The van der Waals surface area contributed by atoms with Gasteiger partial charge in [0.1, 0.15) is 0 Å². The smallest absolute Gasteiger partial charge is 0.232 e. The first kappa shape index (κ1) is 14.1. The number of hydrogen-bond acceptors (Lipinski definition) is 2. The lowest BCUT2D eigenvalue weighted by Gasteiger charge is -2.10. The topological polar surface area (TPSA) is 46.2 Å². The number of alkyl halides is 1. The molecule has 1 rings (SSSR count). The van der Waals surface area contributed by atoms with Crippen LogP contribution in [0, 0.1) is 0 Å². The summed E-state index contributed by atoms with van der Waals surface area (Å²) in [6.07, 6.45) is 0. The summed E-state index contributed by atoms with van der Waals surface area (Å²) < 4.78 is 25.5. The fourth-order valence-corrected chi connectivity index (χ4v) is 2.10. The lowest BCUT2D eigenvalue weighted by atomic mass is 10.1. The van der Waals surface area contributed by atoms with Crippen LogP contribution in [0.3, 0.4) is 0 Å². The van der Waals surface area contributed by atoms with E-state index in [4.69, 9.17) is 11.6 Å². The molecule has 17 heavy (non-hydrogen) atoms. The lowest BCUT2D eigenvalue weighted by molar-refractivity contribution is 0.602. The van der Waals surface area contributed by atoms with E-state index >= 15 is 0 Å². The molecule has 0 spiro atoms. The van der Waals surface area contributed by atoms with Gasteiger partial charge in [-0.1, -0.05) is 18.2 Å². The maximum absolute atomic E-state index is 11.5. The van der Waals surface area contributed by atoms with Crippen molar-refractivity contribution >= 4 is 32.9 Å². The third kappa shape index (κ3) is 4.06. The highest BCUT2D eigenvalue weighted by molar-refractivity contribution is 7.92. The highest BCUT2D eigenvalue weighted by Gasteiger charge is 2.08. The fraction of sp³-hybridized carbons (Fsp3) is 0.333. The summed E-state index contributed by atoms with van der Waals surface area (Å²) in [5, 5.41) is 0. The van der Waals surface area contributed by atoms with Gasteiger partial charge >= 0.3 is 0 Å². The number of benzene rings is 1. The van der Waals surface area contributed by atoms with Gasteiger partial charge in [-0.15, -0.1) is 11.6 Å². The largest absolute Gasteiger partial charge is 0.284 e. The molecule has 1 aromatic rings. The SMILES string of the molecule is C=C(C)c1cc(CCl)cc(NS(=O)(=O)CC)c1. The van der Waals surface area contributed by atoms with Crippen LogP contribution in [0.25, 0.3) is 5.57 Å². The van der Waals surface area contributed by atoms with Crippen molar-refractivity contribution in [2.75, 3.05) is 10.5 Å². The Kier molecular flexibility index (Phi) is 4.60. The molecule has 1 N–H and O–H groups in total. The zero-order valence-corrected chi connectivity index (χ0v) is 11.5. The Hall–Kier alpha value is -1.00. The summed E-state index contributed by atoms with van der Waals surface area (Å²) in [6, 6.07) is 5.39. The van der Waals surface area contributed by atoms with Crippen LogP contribution >= 0.6 is 11.6 Å². The van der Waals surface area contributed by atoms with Gasteiger partial charge in [-0.05, 0) is 37.1 Å². The van der Waals surface area contributed by atoms with Gasteiger partial charge < -0.3 is 0 Å². The van der Waals surface area contributed by atoms with E-state index in [2.05, 4.69) is 11.3 Å². The fourth-order valence-electron chi connectivity index (χ4n) is 1.33. The molecule has 0 atom stereocenters. The molecule has 0 radical (unpaired) electrons. The summed E-state index contributed by atoms with van der Waals surface area (Å²) in [5.74, 6) is 0.377. The van der Waals surface area contributed by atoms with Crippen molar-refractivity contribution < 1.29 is 8.42 Å². The quantitative estimate of drug-likeness (QED) is 0.838. The van der Waals surface area contributed by atoms with E-state index in [0.29, 0.717) is 11.6 Å². The minimum absolute atomic E-state index is 0.0422. The van der Waals surface area contributed by atoms with Gasteiger partial charge in [0.05, 0.1) is 5.75 Å². The highest BCUT2D eigenvalue weighted by Crippen LogP contribution is 2.22. The highest BCUT2D eigenvalue weighted by atomic mass is 35.5. The number of nitrogens with one attached hydrogen (secondary N) is 1. The van der Waals surface area contributed by atoms with Crippen molar-refractivity contribution in [2.45, 2.75) is 19.7 Å². The van der Waals surface area contributed by atoms with Gasteiger partial charge in [-0.2, -0.15) is 0 Å². The Balaban J connectivity index is 3.16. The maximum atomic E-state index is 11.5. The van der Waals surface area contributed by atoms with Crippen LogP contribution in [-0.2, 0) is 15.9 Å². The summed E-state index contributed by atoms with van der Waals surface area (Å²) in [5.41, 5.74) is 3.15. The number of anilines is 1. The Morgan fingerprint density at radius 3 is 2.53 bits per heavy atom. The van der Waals surface area contributed by atoms with E-state index in [-0.39, 0.29) is 5.75 Å². The average Bonchev–Trinajstić information content (AvgIpc) is 2.28. The minimum atomic E-state index is -3.26.